The maximum absolute atomic E-state index is 12.1. The lowest BCUT2D eigenvalue weighted by atomic mass is 10.1. The van der Waals surface area contributed by atoms with Crippen molar-refractivity contribution in [3.8, 4) is 5.75 Å². The minimum atomic E-state index is -0.689. The van der Waals surface area contributed by atoms with Crippen LogP contribution in [-0.4, -0.2) is 17.9 Å². The highest BCUT2D eigenvalue weighted by Crippen LogP contribution is 2.24. The van der Waals surface area contributed by atoms with E-state index in [9.17, 15) is 14.9 Å². The van der Waals surface area contributed by atoms with Gasteiger partial charge in [0.15, 0.2) is 0 Å². The molecule has 0 unspecified atom stereocenters. The smallest absolute Gasteiger partial charge is 0.345 e. The summed E-state index contributed by atoms with van der Waals surface area (Å²) in [5.74, 6) is -0.386. The van der Waals surface area contributed by atoms with Gasteiger partial charge in [-0.2, -0.15) is 0 Å². The molecule has 7 heteroatoms. The van der Waals surface area contributed by atoms with E-state index < -0.39 is 10.9 Å². The molecule has 0 amide bonds. The Bertz CT molecular complexity index is 686. The molecule has 0 atom stereocenters. The first-order valence-corrected chi connectivity index (χ1v) is 6.33. The van der Waals surface area contributed by atoms with Crippen molar-refractivity contribution >= 4 is 28.9 Å². The number of esters is 1. The summed E-state index contributed by atoms with van der Waals surface area (Å²) >= 11 is 5.74. The average molecular weight is 307 g/mol. The molecule has 108 valence electrons. The van der Waals surface area contributed by atoms with Crippen molar-refractivity contribution < 1.29 is 14.5 Å². The van der Waals surface area contributed by atoms with Crippen molar-refractivity contribution in [1.29, 1.82) is 0 Å². The van der Waals surface area contributed by atoms with Crippen molar-refractivity contribution in [3.05, 3.63) is 63.2 Å². The van der Waals surface area contributed by atoms with E-state index in [1.54, 1.807) is 19.2 Å². The third-order valence-corrected chi connectivity index (χ3v) is 2.98. The Hall–Kier alpha value is -2.60. The van der Waals surface area contributed by atoms with Gasteiger partial charge < -0.3 is 10.1 Å². The number of carbonyl (C=O) groups excluding carboxylic acids is 1. The number of nitro groups is 1. The second kappa shape index (κ2) is 6.23. The maximum atomic E-state index is 12.1. The van der Waals surface area contributed by atoms with Crippen molar-refractivity contribution in [2.24, 2.45) is 0 Å². The van der Waals surface area contributed by atoms with Gasteiger partial charge in [0.1, 0.15) is 5.75 Å². The molecule has 1 N–H and O–H groups in total. The van der Waals surface area contributed by atoms with Gasteiger partial charge in [-0.15, -0.1) is 0 Å². The summed E-state index contributed by atoms with van der Waals surface area (Å²) in [5, 5.41) is 14.1. The summed E-state index contributed by atoms with van der Waals surface area (Å²) in [6.07, 6.45) is 0. The van der Waals surface area contributed by atoms with Crippen molar-refractivity contribution in [2.75, 3.05) is 12.4 Å². The number of nitrogens with one attached hydrogen (secondary N) is 1. The molecular weight excluding hydrogens is 296 g/mol. The number of halogens is 1. The third-order valence-electron chi connectivity index (χ3n) is 2.73. The van der Waals surface area contributed by atoms with E-state index in [0.29, 0.717) is 16.5 Å². The number of carbonyl (C=O) groups is 1. The molecule has 6 nitrogen and oxygen atoms in total. The molecule has 0 aliphatic rings. The van der Waals surface area contributed by atoms with Gasteiger partial charge in [0.2, 0.25) is 0 Å². The van der Waals surface area contributed by atoms with E-state index >= 15 is 0 Å². The van der Waals surface area contributed by atoms with Gasteiger partial charge in [-0.3, -0.25) is 10.1 Å². The predicted molar refractivity (Wildman–Crippen MR) is 79.1 cm³/mol. The van der Waals surface area contributed by atoms with Crippen LogP contribution >= 0.6 is 11.6 Å². The first-order chi connectivity index (χ1) is 10.0. The second-order valence-corrected chi connectivity index (χ2v) is 4.52. The average Bonchev–Trinajstić information content (AvgIpc) is 2.48. The molecular formula is C14H11ClN2O4. The molecule has 2 rings (SSSR count). The number of rotatable bonds is 4. The normalized spacial score (nSPS) is 10.0. The number of non-ortho nitro benzene ring substituents is 1. The van der Waals surface area contributed by atoms with Crippen LogP contribution in [0.3, 0.4) is 0 Å². The number of ether oxygens (including phenoxy) is 1. The van der Waals surface area contributed by atoms with Gasteiger partial charge in [0, 0.05) is 29.9 Å². The largest absolute Gasteiger partial charge is 0.423 e. The summed E-state index contributed by atoms with van der Waals surface area (Å²) in [6.45, 7) is 0. The number of hydrogen-bond acceptors (Lipinski definition) is 5. The first-order valence-electron chi connectivity index (χ1n) is 5.95. The monoisotopic (exact) mass is 306 g/mol. The lowest BCUT2D eigenvalue weighted by Gasteiger charge is -2.09. The SMILES string of the molecule is CNc1ccc([N+](=O)[O-])cc1C(=O)Oc1ccc(Cl)cc1. The molecule has 0 aliphatic carbocycles. The summed E-state index contributed by atoms with van der Waals surface area (Å²) in [6, 6.07) is 10.2. The zero-order valence-corrected chi connectivity index (χ0v) is 11.8. The van der Waals surface area contributed by atoms with Crippen molar-refractivity contribution in [3.63, 3.8) is 0 Å². The number of hydrogen-bond donors (Lipinski definition) is 1. The van der Waals surface area contributed by atoms with Crippen LogP contribution in [0.2, 0.25) is 5.02 Å². The topological polar surface area (TPSA) is 81.5 Å². The van der Waals surface area contributed by atoms with E-state index in [1.807, 2.05) is 0 Å². The molecule has 2 aromatic rings. The van der Waals surface area contributed by atoms with Crippen LogP contribution in [0.4, 0.5) is 11.4 Å². The standard InChI is InChI=1S/C14H11ClN2O4/c1-16-13-7-4-10(17(19)20)8-12(13)14(18)21-11-5-2-9(15)3-6-11/h2-8,16H,1H3. The zero-order valence-electron chi connectivity index (χ0n) is 11.0. The van der Waals surface area contributed by atoms with Crippen LogP contribution in [0.1, 0.15) is 10.4 Å². The molecule has 21 heavy (non-hydrogen) atoms. The van der Waals surface area contributed by atoms with E-state index in [0.717, 1.165) is 0 Å². The van der Waals surface area contributed by atoms with Gasteiger partial charge in [-0.25, -0.2) is 4.79 Å². The Morgan fingerprint density at radius 1 is 1.24 bits per heavy atom. The fourth-order valence-corrected chi connectivity index (χ4v) is 1.82. The molecule has 0 heterocycles. The molecule has 0 saturated carbocycles. The van der Waals surface area contributed by atoms with Crippen LogP contribution < -0.4 is 10.1 Å². The van der Waals surface area contributed by atoms with Crippen LogP contribution in [0.5, 0.6) is 5.75 Å². The summed E-state index contributed by atoms with van der Waals surface area (Å²) in [5.41, 5.74) is 0.346. The summed E-state index contributed by atoms with van der Waals surface area (Å²) in [7, 11) is 1.61. The lowest BCUT2D eigenvalue weighted by Crippen LogP contribution is -2.11. The van der Waals surface area contributed by atoms with Crippen molar-refractivity contribution in [1.82, 2.24) is 0 Å². The molecule has 0 aliphatic heterocycles. The van der Waals surface area contributed by atoms with Crippen LogP contribution in [0.25, 0.3) is 0 Å². The second-order valence-electron chi connectivity index (χ2n) is 4.08. The molecule has 0 saturated heterocycles. The van der Waals surface area contributed by atoms with Crippen LogP contribution in [-0.2, 0) is 0 Å². The fourth-order valence-electron chi connectivity index (χ4n) is 1.70. The quantitative estimate of drug-likeness (QED) is 0.404. The molecule has 0 radical (unpaired) electrons. The Labute approximate surface area is 125 Å². The minimum Gasteiger partial charge on any atom is -0.423 e. The Kier molecular flexibility index (Phi) is 4.39. The Morgan fingerprint density at radius 3 is 2.48 bits per heavy atom. The van der Waals surface area contributed by atoms with E-state index in [4.69, 9.17) is 16.3 Å². The molecule has 0 spiro atoms. The number of nitrogens with zero attached hydrogens (tertiary/aromatic N) is 1. The predicted octanol–water partition coefficient (Wildman–Crippen LogP) is 3.51. The fraction of sp³-hybridized carbons (Fsp3) is 0.0714. The highest BCUT2D eigenvalue weighted by atomic mass is 35.5. The number of anilines is 1. The van der Waals surface area contributed by atoms with Gasteiger partial charge in [0.25, 0.3) is 5.69 Å². The molecule has 0 fully saturated rings. The van der Waals surface area contributed by atoms with Crippen molar-refractivity contribution in [2.45, 2.75) is 0 Å². The molecule has 0 aromatic heterocycles. The van der Waals surface area contributed by atoms with Gasteiger partial charge in [-0.05, 0) is 30.3 Å². The van der Waals surface area contributed by atoms with Gasteiger partial charge in [-0.1, -0.05) is 11.6 Å². The Morgan fingerprint density at radius 2 is 1.90 bits per heavy atom. The minimum absolute atomic E-state index is 0.0849. The first kappa shape index (κ1) is 14.8. The molecule has 2 aromatic carbocycles. The highest BCUT2D eigenvalue weighted by molar-refractivity contribution is 6.30. The van der Waals surface area contributed by atoms with Crippen LogP contribution in [0.15, 0.2) is 42.5 Å². The van der Waals surface area contributed by atoms with Crippen LogP contribution in [0, 0.1) is 10.1 Å². The van der Waals surface area contributed by atoms with E-state index in [2.05, 4.69) is 5.32 Å². The number of nitro benzene ring substituents is 1. The lowest BCUT2D eigenvalue weighted by molar-refractivity contribution is -0.384. The third kappa shape index (κ3) is 3.49. The maximum Gasteiger partial charge on any atom is 0.345 e. The molecule has 0 bridgehead atoms. The van der Waals surface area contributed by atoms with E-state index in [-0.39, 0.29) is 11.3 Å². The zero-order chi connectivity index (χ0) is 15.4. The van der Waals surface area contributed by atoms with Gasteiger partial charge in [0.05, 0.1) is 10.5 Å². The van der Waals surface area contributed by atoms with E-state index in [1.165, 1.54) is 30.3 Å². The number of benzene rings is 2. The van der Waals surface area contributed by atoms with Gasteiger partial charge >= 0.3 is 5.97 Å². The summed E-state index contributed by atoms with van der Waals surface area (Å²) < 4.78 is 5.17. The Balaban J connectivity index is 2.30. The highest BCUT2D eigenvalue weighted by Gasteiger charge is 2.18. The summed E-state index contributed by atoms with van der Waals surface area (Å²) in [4.78, 5) is 22.4.